The van der Waals surface area contributed by atoms with Crippen molar-refractivity contribution in [2.45, 2.75) is 13.3 Å². The van der Waals surface area contributed by atoms with Crippen molar-refractivity contribution in [2.75, 3.05) is 0 Å². The Morgan fingerprint density at radius 3 is 3.06 bits per heavy atom. The Labute approximate surface area is 121 Å². The number of H-pyrrole nitrogens is 1. The molecule has 0 radical (unpaired) electrons. The minimum absolute atomic E-state index is 0.669. The molecule has 3 rings (SSSR count). The third kappa shape index (κ3) is 1.94. The first-order valence-electron chi connectivity index (χ1n) is 5.35. The van der Waals surface area contributed by atoms with Crippen LogP contribution in [0.5, 0.6) is 0 Å². The van der Waals surface area contributed by atoms with E-state index in [0.29, 0.717) is 5.02 Å². The van der Waals surface area contributed by atoms with Crippen LogP contribution in [-0.2, 0) is 6.42 Å². The molecule has 2 heterocycles. The lowest BCUT2D eigenvalue weighted by Gasteiger charge is -1.92. The topological polar surface area (TPSA) is 54.5 Å². The first-order chi connectivity index (χ1) is 8.69. The Morgan fingerprint density at radius 2 is 2.28 bits per heavy atom. The van der Waals surface area contributed by atoms with Gasteiger partial charge in [0.05, 0.1) is 11.2 Å². The summed E-state index contributed by atoms with van der Waals surface area (Å²) in [6.07, 6.45) is 0.838. The van der Waals surface area contributed by atoms with Crippen molar-refractivity contribution in [2.24, 2.45) is 0 Å². The van der Waals surface area contributed by atoms with Crippen LogP contribution >= 0.6 is 39.1 Å². The molecule has 18 heavy (non-hydrogen) atoms. The summed E-state index contributed by atoms with van der Waals surface area (Å²) in [4.78, 5) is 8.82. The van der Waals surface area contributed by atoms with E-state index < -0.39 is 0 Å². The van der Waals surface area contributed by atoms with E-state index in [9.17, 15) is 0 Å². The molecule has 4 nitrogen and oxygen atoms in total. The molecule has 0 amide bonds. The second-order valence-electron chi connectivity index (χ2n) is 3.77. The Kier molecular flexibility index (Phi) is 3.09. The monoisotopic (exact) mass is 342 g/mol. The Morgan fingerprint density at radius 1 is 1.44 bits per heavy atom. The molecule has 3 aromatic rings. The lowest BCUT2D eigenvalue weighted by atomic mass is 10.3. The maximum absolute atomic E-state index is 6.02. The van der Waals surface area contributed by atoms with E-state index in [2.05, 4.69) is 42.4 Å². The number of halogens is 2. The number of imidazole rings is 1. The fourth-order valence-electron chi connectivity index (χ4n) is 1.77. The number of benzene rings is 1. The maximum atomic E-state index is 6.02. The molecule has 1 aromatic carbocycles. The molecule has 0 saturated carbocycles. The van der Waals surface area contributed by atoms with Gasteiger partial charge in [0.2, 0.25) is 0 Å². The number of rotatable bonds is 2. The van der Waals surface area contributed by atoms with Crippen LogP contribution < -0.4 is 0 Å². The zero-order chi connectivity index (χ0) is 12.7. The summed E-state index contributed by atoms with van der Waals surface area (Å²) in [5.41, 5.74) is 2.73. The quantitative estimate of drug-likeness (QED) is 0.763. The Bertz CT molecular complexity index is 721. The third-order valence-electron chi connectivity index (χ3n) is 2.61. The molecule has 7 heteroatoms. The number of aryl methyl sites for hydroxylation is 1. The Balaban J connectivity index is 2.22. The summed E-state index contributed by atoms with van der Waals surface area (Å²) >= 11 is 10.8. The first-order valence-corrected chi connectivity index (χ1v) is 7.30. The van der Waals surface area contributed by atoms with Gasteiger partial charge in [-0.05, 0) is 46.0 Å². The maximum Gasteiger partial charge on any atom is 0.152 e. The number of aromatic nitrogens is 4. The fourth-order valence-corrected chi connectivity index (χ4v) is 3.36. The number of nitrogens with one attached hydrogen (secondary N) is 1. The van der Waals surface area contributed by atoms with Crippen LogP contribution in [0.15, 0.2) is 16.6 Å². The summed E-state index contributed by atoms with van der Waals surface area (Å²) in [5.74, 6) is 0.791. The van der Waals surface area contributed by atoms with Gasteiger partial charge in [-0.3, -0.25) is 0 Å². The van der Waals surface area contributed by atoms with E-state index in [1.54, 1.807) is 0 Å². The van der Waals surface area contributed by atoms with Crippen molar-refractivity contribution in [3.05, 3.63) is 27.3 Å². The zero-order valence-corrected chi connectivity index (χ0v) is 12.5. The largest absolute Gasteiger partial charge is 0.337 e. The van der Waals surface area contributed by atoms with Gasteiger partial charge in [-0.25, -0.2) is 4.98 Å². The van der Waals surface area contributed by atoms with Gasteiger partial charge in [-0.15, -0.1) is 5.10 Å². The third-order valence-corrected chi connectivity index (χ3v) is 4.21. The van der Waals surface area contributed by atoms with Gasteiger partial charge in [0.1, 0.15) is 10.4 Å². The number of nitrogens with zero attached hydrogens (tertiary/aromatic N) is 3. The van der Waals surface area contributed by atoms with Crippen molar-refractivity contribution in [1.29, 1.82) is 0 Å². The SMILES string of the molecule is CCc1nnsc1-c1nc2c(Br)cc(Cl)cc2[nH]1. The van der Waals surface area contributed by atoms with Gasteiger partial charge in [0.25, 0.3) is 0 Å². The predicted molar refractivity (Wildman–Crippen MR) is 77.1 cm³/mol. The van der Waals surface area contributed by atoms with Gasteiger partial charge in [-0.2, -0.15) is 0 Å². The average Bonchev–Trinajstić information content (AvgIpc) is 2.92. The van der Waals surface area contributed by atoms with E-state index in [0.717, 1.165) is 38.3 Å². The molecule has 0 atom stereocenters. The molecular formula is C11H8BrClN4S. The van der Waals surface area contributed by atoms with Crippen molar-refractivity contribution >= 4 is 50.1 Å². The van der Waals surface area contributed by atoms with Crippen molar-refractivity contribution in [1.82, 2.24) is 19.6 Å². The molecule has 0 aliphatic heterocycles. The first kappa shape index (κ1) is 12.1. The lowest BCUT2D eigenvalue weighted by molar-refractivity contribution is 0.990. The van der Waals surface area contributed by atoms with Crippen LogP contribution in [0.25, 0.3) is 21.7 Å². The zero-order valence-electron chi connectivity index (χ0n) is 9.37. The highest BCUT2D eigenvalue weighted by Crippen LogP contribution is 2.31. The minimum atomic E-state index is 0.669. The van der Waals surface area contributed by atoms with E-state index in [4.69, 9.17) is 11.6 Å². The summed E-state index contributed by atoms with van der Waals surface area (Å²) in [5, 5.41) is 4.76. The number of fused-ring (bicyclic) bond motifs is 1. The standard InChI is InChI=1S/C11H8BrClN4S/c1-2-7-10(18-17-16-7)11-14-8-4-5(13)3-6(12)9(8)15-11/h3-4H,2H2,1H3,(H,14,15). The van der Waals surface area contributed by atoms with Gasteiger partial charge >= 0.3 is 0 Å². The molecule has 0 unspecified atom stereocenters. The van der Waals surface area contributed by atoms with Gasteiger partial charge in [-0.1, -0.05) is 23.0 Å². The minimum Gasteiger partial charge on any atom is -0.337 e. The number of aromatic amines is 1. The normalized spacial score (nSPS) is 11.3. The summed E-state index contributed by atoms with van der Waals surface area (Å²) in [6.45, 7) is 2.05. The summed E-state index contributed by atoms with van der Waals surface area (Å²) < 4.78 is 4.85. The molecule has 0 bridgehead atoms. The average molecular weight is 344 g/mol. The molecular weight excluding hydrogens is 336 g/mol. The van der Waals surface area contributed by atoms with Gasteiger partial charge in [0.15, 0.2) is 5.82 Å². The molecule has 92 valence electrons. The molecule has 0 aliphatic rings. The molecule has 1 N–H and O–H groups in total. The number of hydrogen-bond donors (Lipinski definition) is 1. The van der Waals surface area contributed by atoms with Crippen LogP contribution in [-0.4, -0.2) is 19.6 Å². The molecule has 2 aromatic heterocycles. The lowest BCUT2D eigenvalue weighted by Crippen LogP contribution is -1.85. The van der Waals surface area contributed by atoms with Crippen LogP contribution in [0.1, 0.15) is 12.6 Å². The van der Waals surface area contributed by atoms with E-state index in [-0.39, 0.29) is 0 Å². The van der Waals surface area contributed by atoms with E-state index >= 15 is 0 Å². The van der Waals surface area contributed by atoms with Crippen LogP contribution in [0.3, 0.4) is 0 Å². The molecule has 0 aliphatic carbocycles. The van der Waals surface area contributed by atoms with Crippen molar-refractivity contribution < 1.29 is 0 Å². The van der Waals surface area contributed by atoms with Crippen LogP contribution in [0.4, 0.5) is 0 Å². The van der Waals surface area contributed by atoms with Gasteiger partial charge < -0.3 is 4.98 Å². The summed E-state index contributed by atoms with van der Waals surface area (Å²) in [7, 11) is 0. The van der Waals surface area contributed by atoms with Crippen LogP contribution in [0.2, 0.25) is 5.02 Å². The molecule has 0 spiro atoms. The van der Waals surface area contributed by atoms with Crippen molar-refractivity contribution in [3.63, 3.8) is 0 Å². The second kappa shape index (κ2) is 4.60. The Hall–Kier alpha value is -0.980. The van der Waals surface area contributed by atoms with E-state index in [1.807, 2.05) is 12.1 Å². The highest BCUT2D eigenvalue weighted by atomic mass is 79.9. The van der Waals surface area contributed by atoms with Crippen LogP contribution in [0, 0.1) is 0 Å². The van der Waals surface area contributed by atoms with Gasteiger partial charge in [0, 0.05) is 9.50 Å². The fraction of sp³-hybridized carbons (Fsp3) is 0.182. The molecule has 0 fully saturated rings. The number of hydrogen-bond acceptors (Lipinski definition) is 4. The predicted octanol–water partition coefficient (Wildman–Crippen LogP) is 4.06. The molecule has 0 saturated heterocycles. The highest BCUT2D eigenvalue weighted by Gasteiger charge is 2.14. The van der Waals surface area contributed by atoms with Crippen molar-refractivity contribution in [3.8, 4) is 10.7 Å². The smallest absolute Gasteiger partial charge is 0.152 e. The summed E-state index contributed by atoms with van der Waals surface area (Å²) in [6, 6.07) is 3.69. The highest BCUT2D eigenvalue weighted by molar-refractivity contribution is 9.10. The van der Waals surface area contributed by atoms with E-state index in [1.165, 1.54) is 11.5 Å². The second-order valence-corrected chi connectivity index (χ2v) is 5.82.